The topological polar surface area (TPSA) is 37.4 Å². The van der Waals surface area contributed by atoms with E-state index in [1.807, 2.05) is 12.3 Å². The van der Waals surface area contributed by atoms with Crippen LogP contribution >= 0.6 is 22.6 Å². The molecule has 1 aromatic heterocycles. The van der Waals surface area contributed by atoms with Gasteiger partial charge in [0.05, 0.1) is 16.8 Å². The summed E-state index contributed by atoms with van der Waals surface area (Å²) in [6.07, 6.45) is 1.83. The smallest absolute Gasteiger partial charge is 0.139 e. The van der Waals surface area contributed by atoms with Crippen molar-refractivity contribution in [2.24, 2.45) is 0 Å². The monoisotopic (exact) mass is 347 g/mol. The summed E-state index contributed by atoms with van der Waals surface area (Å²) in [7, 11) is 0. The first-order valence-electron chi connectivity index (χ1n) is 5.93. The lowest BCUT2D eigenvalue weighted by Crippen LogP contribution is -2.42. The van der Waals surface area contributed by atoms with E-state index >= 15 is 0 Å². The molecule has 0 unspecified atom stereocenters. The SMILES string of the molecule is C[C@H](CN1CCOCC1)Nc1ncccc1I. The maximum absolute atomic E-state index is 5.34. The van der Waals surface area contributed by atoms with Gasteiger partial charge in [0.15, 0.2) is 0 Å². The van der Waals surface area contributed by atoms with Crippen molar-refractivity contribution in [2.75, 3.05) is 38.2 Å². The molecule has 0 spiro atoms. The molecule has 2 heterocycles. The van der Waals surface area contributed by atoms with Gasteiger partial charge >= 0.3 is 0 Å². The fraction of sp³-hybridized carbons (Fsp3) is 0.583. The van der Waals surface area contributed by atoms with Gasteiger partial charge in [0, 0.05) is 31.9 Å². The van der Waals surface area contributed by atoms with Crippen molar-refractivity contribution in [1.82, 2.24) is 9.88 Å². The zero-order valence-electron chi connectivity index (χ0n) is 10.0. The van der Waals surface area contributed by atoms with Gasteiger partial charge in [0.25, 0.3) is 0 Å². The standard InChI is InChI=1S/C12H18IN3O/c1-10(9-16-5-7-17-8-6-16)15-12-11(13)3-2-4-14-12/h2-4,10H,5-9H2,1H3,(H,14,15)/t10-/m1/s1. The summed E-state index contributed by atoms with van der Waals surface area (Å²) in [4.78, 5) is 6.78. The van der Waals surface area contributed by atoms with Gasteiger partial charge in [0.1, 0.15) is 5.82 Å². The van der Waals surface area contributed by atoms with Crippen LogP contribution in [0, 0.1) is 3.57 Å². The summed E-state index contributed by atoms with van der Waals surface area (Å²) in [5.41, 5.74) is 0. The number of ether oxygens (including phenoxy) is 1. The minimum Gasteiger partial charge on any atom is -0.379 e. The Labute approximate surface area is 116 Å². The fourth-order valence-electron chi connectivity index (χ4n) is 1.94. The van der Waals surface area contributed by atoms with Gasteiger partial charge in [-0.15, -0.1) is 0 Å². The lowest BCUT2D eigenvalue weighted by molar-refractivity contribution is 0.0368. The molecule has 1 fully saturated rings. The average Bonchev–Trinajstić information content (AvgIpc) is 2.33. The van der Waals surface area contributed by atoms with Crippen LogP contribution in [0.15, 0.2) is 18.3 Å². The van der Waals surface area contributed by atoms with Gasteiger partial charge in [-0.3, -0.25) is 4.90 Å². The molecule has 1 N–H and O–H groups in total. The number of hydrogen-bond acceptors (Lipinski definition) is 4. The molecule has 2 rings (SSSR count). The molecular weight excluding hydrogens is 329 g/mol. The third-order valence-corrected chi connectivity index (χ3v) is 3.65. The molecule has 0 radical (unpaired) electrons. The second kappa shape index (κ2) is 6.51. The number of pyridine rings is 1. The first kappa shape index (κ1) is 13.0. The molecule has 0 aromatic carbocycles. The third kappa shape index (κ3) is 4.08. The van der Waals surface area contributed by atoms with Crippen LogP contribution in [0.5, 0.6) is 0 Å². The van der Waals surface area contributed by atoms with Gasteiger partial charge in [-0.1, -0.05) is 0 Å². The van der Waals surface area contributed by atoms with Gasteiger partial charge < -0.3 is 10.1 Å². The Kier molecular flexibility index (Phi) is 4.99. The Bertz CT molecular complexity index is 355. The summed E-state index contributed by atoms with van der Waals surface area (Å²) in [5.74, 6) is 0.980. The summed E-state index contributed by atoms with van der Waals surface area (Å²) >= 11 is 2.31. The van der Waals surface area contributed by atoms with Crippen molar-refractivity contribution < 1.29 is 4.74 Å². The maximum Gasteiger partial charge on any atom is 0.139 e. The van der Waals surface area contributed by atoms with Crippen molar-refractivity contribution in [1.29, 1.82) is 0 Å². The predicted octanol–water partition coefficient (Wildman–Crippen LogP) is 1.82. The maximum atomic E-state index is 5.34. The first-order chi connectivity index (χ1) is 8.25. The molecule has 0 aliphatic carbocycles. The second-order valence-electron chi connectivity index (χ2n) is 4.29. The van der Waals surface area contributed by atoms with E-state index in [-0.39, 0.29) is 0 Å². The van der Waals surface area contributed by atoms with Crippen LogP contribution in [-0.4, -0.2) is 48.8 Å². The van der Waals surface area contributed by atoms with Crippen LogP contribution in [0.4, 0.5) is 5.82 Å². The van der Waals surface area contributed by atoms with E-state index in [1.54, 1.807) is 0 Å². The first-order valence-corrected chi connectivity index (χ1v) is 7.01. The highest BCUT2D eigenvalue weighted by Crippen LogP contribution is 2.15. The van der Waals surface area contributed by atoms with Crippen LogP contribution in [0.1, 0.15) is 6.92 Å². The molecule has 4 nitrogen and oxygen atoms in total. The number of halogens is 1. The zero-order valence-corrected chi connectivity index (χ0v) is 12.2. The highest BCUT2D eigenvalue weighted by atomic mass is 127. The number of rotatable bonds is 4. The van der Waals surface area contributed by atoms with Gasteiger partial charge in [-0.05, 0) is 41.6 Å². The Balaban J connectivity index is 1.84. The van der Waals surface area contributed by atoms with E-state index in [4.69, 9.17) is 4.74 Å². The minimum absolute atomic E-state index is 0.400. The normalized spacial score (nSPS) is 18.9. The van der Waals surface area contributed by atoms with E-state index in [0.29, 0.717) is 6.04 Å². The van der Waals surface area contributed by atoms with Crippen LogP contribution in [0.25, 0.3) is 0 Å². The molecule has 1 saturated heterocycles. The number of nitrogens with one attached hydrogen (secondary N) is 1. The number of nitrogens with zero attached hydrogens (tertiary/aromatic N) is 2. The largest absolute Gasteiger partial charge is 0.379 e. The van der Waals surface area contributed by atoms with Crippen molar-refractivity contribution in [3.63, 3.8) is 0 Å². The molecule has 0 bridgehead atoms. The van der Waals surface area contributed by atoms with Crippen molar-refractivity contribution in [3.8, 4) is 0 Å². The number of morpholine rings is 1. The minimum atomic E-state index is 0.400. The van der Waals surface area contributed by atoms with Gasteiger partial charge in [0.2, 0.25) is 0 Å². The summed E-state index contributed by atoms with van der Waals surface area (Å²) in [6, 6.07) is 4.42. The highest BCUT2D eigenvalue weighted by Gasteiger charge is 2.14. The quantitative estimate of drug-likeness (QED) is 0.844. The summed E-state index contributed by atoms with van der Waals surface area (Å²) in [6.45, 7) is 7.01. The van der Waals surface area contributed by atoms with E-state index in [0.717, 1.165) is 38.7 Å². The Hall–Kier alpha value is -0.400. The Morgan fingerprint density at radius 1 is 1.53 bits per heavy atom. The Morgan fingerprint density at radius 2 is 2.29 bits per heavy atom. The molecule has 94 valence electrons. The predicted molar refractivity (Wildman–Crippen MR) is 77.3 cm³/mol. The average molecular weight is 347 g/mol. The molecule has 1 atom stereocenters. The molecule has 17 heavy (non-hydrogen) atoms. The third-order valence-electron chi connectivity index (χ3n) is 2.78. The Morgan fingerprint density at radius 3 is 3.00 bits per heavy atom. The molecule has 1 aliphatic heterocycles. The van der Waals surface area contributed by atoms with Crippen LogP contribution in [-0.2, 0) is 4.74 Å². The highest BCUT2D eigenvalue weighted by molar-refractivity contribution is 14.1. The van der Waals surface area contributed by atoms with Crippen molar-refractivity contribution in [3.05, 3.63) is 21.9 Å². The number of aromatic nitrogens is 1. The van der Waals surface area contributed by atoms with E-state index in [2.05, 4.69) is 50.8 Å². The molecule has 1 aromatic rings. The van der Waals surface area contributed by atoms with Crippen LogP contribution in [0.3, 0.4) is 0 Å². The summed E-state index contributed by atoms with van der Waals surface area (Å²) in [5, 5.41) is 3.46. The number of hydrogen-bond donors (Lipinski definition) is 1. The van der Waals surface area contributed by atoms with Gasteiger partial charge in [-0.2, -0.15) is 0 Å². The second-order valence-corrected chi connectivity index (χ2v) is 5.45. The molecule has 0 amide bonds. The zero-order chi connectivity index (χ0) is 12.1. The molecule has 5 heteroatoms. The number of anilines is 1. The van der Waals surface area contributed by atoms with E-state index in [1.165, 1.54) is 3.57 Å². The lowest BCUT2D eigenvalue weighted by Gasteiger charge is -2.29. The van der Waals surface area contributed by atoms with Crippen LogP contribution < -0.4 is 5.32 Å². The van der Waals surface area contributed by atoms with Gasteiger partial charge in [-0.25, -0.2) is 4.98 Å². The van der Waals surface area contributed by atoms with E-state index < -0.39 is 0 Å². The van der Waals surface area contributed by atoms with Crippen molar-refractivity contribution in [2.45, 2.75) is 13.0 Å². The van der Waals surface area contributed by atoms with E-state index in [9.17, 15) is 0 Å². The van der Waals surface area contributed by atoms with Crippen LogP contribution in [0.2, 0.25) is 0 Å². The van der Waals surface area contributed by atoms with Crippen molar-refractivity contribution >= 4 is 28.4 Å². The molecule has 0 saturated carbocycles. The fourth-order valence-corrected chi connectivity index (χ4v) is 2.44. The molecular formula is C12H18IN3O. The molecule has 1 aliphatic rings. The summed E-state index contributed by atoms with van der Waals surface area (Å²) < 4.78 is 6.51. The lowest BCUT2D eigenvalue weighted by atomic mass is 10.3.